The number of aliphatic hydroxyl groups is 3. The summed E-state index contributed by atoms with van der Waals surface area (Å²) in [4.78, 5) is 77.4. The maximum atomic E-state index is 14.9. The molecule has 6 N–H and O–H groups in total. The summed E-state index contributed by atoms with van der Waals surface area (Å²) in [6, 6.07) is 33.6. The van der Waals surface area contributed by atoms with Crippen LogP contribution in [-0.4, -0.2) is 124 Å². The van der Waals surface area contributed by atoms with Crippen molar-refractivity contribution in [3.05, 3.63) is 156 Å². The van der Waals surface area contributed by atoms with Crippen LogP contribution >= 0.6 is 0 Å². The Morgan fingerprint density at radius 2 is 1.28 bits per heavy atom. The number of carbonyl (C=O) groups excluding carboxylic acids is 5. The van der Waals surface area contributed by atoms with Gasteiger partial charge in [-0.25, -0.2) is 0 Å². The predicted octanol–water partition coefficient (Wildman–Crippen LogP) is 3.35. The maximum absolute atomic E-state index is 14.9. The van der Waals surface area contributed by atoms with Gasteiger partial charge in [-0.3, -0.25) is 33.5 Å². The molecule has 0 fully saturated rings. The van der Waals surface area contributed by atoms with E-state index in [2.05, 4.69) is 15.6 Å². The largest absolute Gasteiger partial charge is 0.486 e. The molecule has 364 valence electrons. The van der Waals surface area contributed by atoms with Crippen LogP contribution in [0.2, 0.25) is 0 Å². The van der Waals surface area contributed by atoms with Crippen LogP contribution in [0.1, 0.15) is 41.5 Å². The third kappa shape index (κ3) is 14.9. The number of pyridine rings is 1. The van der Waals surface area contributed by atoms with Gasteiger partial charge in [0, 0.05) is 50.0 Å². The average molecular weight is 963 g/mol. The number of nitrogens with one attached hydrogen (secondary N) is 2. The first-order valence-corrected chi connectivity index (χ1v) is 24.3. The molecule has 7 rings (SSSR count). The minimum atomic E-state index is -4.72. The van der Waals surface area contributed by atoms with Crippen LogP contribution in [0.15, 0.2) is 134 Å². The quantitative estimate of drug-likeness (QED) is 0.0778. The van der Waals surface area contributed by atoms with Crippen LogP contribution in [0.5, 0.6) is 5.75 Å². The Hall–Kier alpha value is -6.63. The van der Waals surface area contributed by atoms with Crippen LogP contribution in [0, 0.1) is 11.8 Å². The minimum Gasteiger partial charge on any atom is -0.486 e. The van der Waals surface area contributed by atoms with Gasteiger partial charge in [0.1, 0.15) is 23.9 Å². The number of fused-ring (bicyclic) bond motifs is 16. The molecule has 0 aliphatic carbocycles. The number of hydrogen-bond acceptors (Lipinski definition) is 12. The highest BCUT2D eigenvalue weighted by Crippen LogP contribution is 2.26. The van der Waals surface area contributed by atoms with Crippen molar-refractivity contribution >= 4 is 39.4 Å². The Morgan fingerprint density at radius 1 is 0.681 bits per heavy atom. The van der Waals surface area contributed by atoms with Crippen molar-refractivity contribution in [1.29, 1.82) is 0 Å². The Bertz CT molecular complexity index is 2590. The molecular weight excluding hydrogens is 905 g/mol. The molecule has 16 nitrogen and oxygen atoms in total. The Labute approximate surface area is 401 Å². The Morgan fingerprint density at radius 3 is 1.90 bits per heavy atom. The molecule has 0 radical (unpaired) electrons. The zero-order valence-electron chi connectivity index (χ0n) is 38.1. The molecule has 5 aromatic rings. The number of ketones is 2. The van der Waals surface area contributed by atoms with E-state index in [-0.39, 0.29) is 37.9 Å². The first kappa shape index (κ1) is 51.8. The molecular formula is C52H58N4O12S. The number of carbonyl (C=O) groups is 5. The van der Waals surface area contributed by atoms with Crippen molar-refractivity contribution in [3.63, 3.8) is 0 Å². The van der Waals surface area contributed by atoms with Crippen LogP contribution in [-0.2, 0) is 59.8 Å². The molecule has 0 saturated heterocycles. The number of Topliss-reactive ketones (excluding diaryl/α,β-unsaturated/α-hetero) is 2. The van der Waals surface area contributed by atoms with Gasteiger partial charge in [-0.2, -0.15) is 8.42 Å². The fraction of sp³-hybridized carbons (Fsp3) is 0.346. The van der Waals surface area contributed by atoms with Gasteiger partial charge in [0.15, 0.2) is 11.6 Å². The van der Waals surface area contributed by atoms with Gasteiger partial charge in [-0.15, -0.1) is 0 Å². The number of aromatic nitrogens is 1. The van der Waals surface area contributed by atoms with E-state index in [0.717, 1.165) is 27.2 Å². The predicted molar refractivity (Wildman–Crippen MR) is 256 cm³/mol. The topological polar surface area (TPSA) is 250 Å². The molecule has 4 atom stereocenters. The van der Waals surface area contributed by atoms with E-state index >= 15 is 0 Å². The maximum Gasteiger partial charge on any atom is 0.266 e. The van der Waals surface area contributed by atoms with Gasteiger partial charge < -0.3 is 35.6 Å². The summed E-state index contributed by atoms with van der Waals surface area (Å²) in [5.74, 6) is -6.27. The average Bonchev–Trinajstić information content (AvgIpc) is 3.36. The van der Waals surface area contributed by atoms with Crippen LogP contribution < -0.4 is 15.4 Å². The lowest BCUT2D eigenvalue weighted by Gasteiger charge is -2.42. The second-order valence-electron chi connectivity index (χ2n) is 17.4. The lowest BCUT2D eigenvalue weighted by atomic mass is 9.87. The molecule has 3 amide bonds. The summed E-state index contributed by atoms with van der Waals surface area (Å²) in [6.07, 6.45) is 2.65. The van der Waals surface area contributed by atoms with E-state index in [1.165, 1.54) is 0 Å². The fourth-order valence-electron chi connectivity index (χ4n) is 8.35. The lowest BCUT2D eigenvalue weighted by Crippen LogP contribution is -2.62. The number of amides is 3. The third-order valence-corrected chi connectivity index (χ3v) is 13.1. The number of aliphatic hydroxyl groups excluding tert-OH is 3. The number of ether oxygens (including phenoxy) is 1. The number of nitrogens with zero attached hydrogens (tertiary/aromatic N) is 2. The summed E-state index contributed by atoms with van der Waals surface area (Å²) < 4.78 is 39.5. The molecule has 3 heterocycles. The molecule has 0 unspecified atom stereocenters. The molecule has 2 bridgehead atoms. The molecule has 1 aromatic heterocycles. The van der Waals surface area contributed by atoms with Crippen molar-refractivity contribution in [1.82, 2.24) is 20.5 Å². The van der Waals surface area contributed by atoms with Gasteiger partial charge in [-0.05, 0) is 83.3 Å². The summed E-state index contributed by atoms with van der Waals surface area (Å²) in [5.41, 5.74) is 2.52. The van der Waals surface area contributed by atoms with Gasteiger partial charge in [0.25, 0.3) is 10.1 Å². The van der Waals surface area contributed by atoms with E-state index in [1.807, 2.05) is 84.9 Å². The highest BCUT2D eigenvalue weighted by Gasteiger charge is 2.42. The first-order valence-electron chi connectivity index (χ1n) is 22.7. The smallest absolute Gasteiger partial charge is 0.266 e. The van der Waals surface area contributed by atoms with Gasteiger partial charge >= 0.3 is 0 Å². The second-order valence-corrected chi connectivity index (χ2v) is 19.0. The van der Waals surface area contributed by atoms with Crippen molar-refractivity contribution in [2.75, 3.05) is 38.7 Å². The van der Waals surface area contributed by atoms with Gasteiger partial charge in [0.05, 0.1) is 31.6 Å². The van der Waals surface area contributed by atoms with Crippen molar-refractivity contribution in [2.24, 2.45) is 11.8 Å². The number of benzene rings is 4. The third-order valence-electron chi connectivity index (χ3n) is 12.4. The van der Waals surface area contributed by atoms with Crippen molar-refractivity contribution < 1.29 is 57.0 Å². The van der Waals surface area contributed by atoms with E-state index in [4.69, 9.17) is 4.74 Å². The van der Waals surface area contributed by atoms with Gasteiger partial charge in [0.2, 0.25) is 17.7 Å². The van der Waals surface area contributed by atoms with Gasteiger partial charge in [-0.1, -0.05) is 97.1 Å². The monoisotopic (exact) mass is 962 g/mol. The molecule has 0 saturated carbocycles. The Kier molecular flexibility index (Phi) is 18.4. The summed E-state index contributed by atoms with van der Waals surface area (Å²) >= 11 is 0. The van der Waals surface area contributed by atoms with Crippen molar-refractivity contribution in [3.8, 4) is 16.9 Å². The Balaban J connectivity index is 1.41. The van der Waals surface area contributed by atoms with Crippen molar-refractivity contribution in [2.45, 2.75) is 62.6 Å². The van der Waals surface area contributed by atoms with Crippen LogP contribution in [0.3, 0.4) is 0 Å². The molecule has 0 spiro atoms. The summed E-state index contributed by atoms with van der Waals surface area (Å²) in [5, 5.41) is 37.1. The lowest BCUT2D eigenvalue weighted by molar-refractivity contribution is -0.151. The second kappa shape index (κ2) is 24.6. The SMILES string of the molecule is O=C1COc2ccc(cc2)C[C@@H](C(=O)N(CCS(=O)(=O)O)C(CO)(CO)CO)CC(=O)[C@H](CCc2ccccc2)NC(=O)[C@@H](Cc2ccc(-c3ccccc3)cc2)NC(=O)[C@H](Cc2ccncc2)C1. The molecule has 17 heteroatoms. The number of aryl methyl sites for hydroxylation is 1. The van der Waals surface area contributed by atoms with E-state index in [1.54, 1.807) is 48.8 Å². The number of rotatable bonds is 16. The zero-order valence-corrected chi connectivity index (χ0v) is 38.9. The highest BCUT2D eigenvalue weighted by atomic mass is 32.2. The zero-order chi connectivity index (χ0) is 49.4. The molecule has 2 aliphatic heterocycles. The highest BCUT2D eigenvalue weighted by molar-refractivity contribution is 7.85. The first-order chi connectivity index (χ1) is 33.2. The molecule has 69 heavy (non-hydrogen) atoms. The molecule has 4 aromatic carbocycles. The number of hydrogen-bond donors (Lipinski definition) is 6. The van der Waals surface area contributed by atoms with E-state index in [0.29, 0.717) is 17.5 Å². The van der Waals surface area contributed by atoms with Crippen LogP contribution in [0.25, 0.3) is 11.1 Å². The standard InChI is InChI=1S/C52H58N4O12S/c57-33-52(34-58,35-59)56(25-26-69(65,66)67)51(64)43-28-37-13-18-45(19-14-37)68-32-44(60)30-42(27-39-21-23-53-24-22-39)49(62)55-47(29-38-11-16-41(17-12-38)40-9-5-2-6-10-40)50(63)54-46(48(61)31-43)20-15-36-7-3-1-4-8-36/h1-14,16-19,21-24,42-43,46-47,57-59H,15,20,25-35H2,(H,54,63)(H,55,62)(H,65,66,67)/t42-,43-,46+,47-/m1/s1. The fourth-order valence-corrected chi connectivity index (χ4v) is 8.76. The summed E-state index contributed by atoms with van der Waals surface area (Å²) in [7, 11) is -4.72. The van der Waals surface area contributed by atoms with E-state index in [9.17, 15) is 52.3 Å². The summed E-state index contributed by atoms with van der Waals surface area (Å²) in [6.45, 7) is -4.20. The molecule has 2 aliphatic rings. The normalized spacial score (nSPS) is 18.8. The van der Waals surface area contributed by atoms with E-state index < -0.39 is 114 Å². The minimum absolute atomic E-state index is 0.0192. The van der Waals surface area contributed by atoms with Crippen LogP contribution in [0.4, 0.5) is 0 Å².